The van der Waals surface area contributed by atoms with Gasteiger partial charge in [0, 0.05) is 24.0 Å². The minimum Gasteiger partial charge on any atom is -0.378 e. The molecule has 0 aromatic carbocycles. The molecule has 2 heterocycles. The third kappa shape index (κ3) is 2.95. The lowest BCUT2D eigenvalue weighted by atomic mass is 10.2. The Bertz CT molecular complexity index is 469. The first kappa shape index (κ1) is 12.3. The van der Waals surface area contributed by atoms with E-state index in [1.165, 1.54) is 18.5 Å². The number of hydrogen-bond acceptors (Lipinski definition) is 5. The molecule has 1 aliphatic rings. The predicted molar refractivity (Wildman–Crippen MR) is 61.9 cm³/mol. The van der Waals surface area contributed by atoms with Crippen LogP contribution in [0.1, 0.15) is 5.56 Å². The standard InChI is InChI=1S/C11H14N3O4/c15-13-4-2-11(14(16)17)10(9-13)1-3-12-5-7-18-8-6-12/h1-4,9,15H,5-8H2/q+1. The first-order valence-corrected chi connectivity index (χ1v) is 5.56. The van der Waals surface area contributed by atoms with Gasteiger partial charge in [-0.3, -0.25) is 15.3 Å². The van der Waals surface area contributed by atoms with Gasteiger partial charge in [-0.15, -0.1) is 0 Å². The minimum absolute atomic E-state index is 0.0372. The zero-order valence-corrected chi connectivity index (χ0v) is 9.73. The Morgan fingerprint density at radius 1 is 1.50 bits per heavy atom. The lowest BCUT2D eigenvalue weighted by Crippen LogP contribution is -2.32. The van der Waals surface area contributed by atoms with Crippen LogP contribution in [-0.4, -0.2) is 41.3 Å². The second-order valence-electron chi connectivity index (χ2n) is 3.89. The summed E-state index contributed by atoms with van der Waals surface area (Å²) in [5, 5.41) is 20.1. The SMILES string of the molecule is O=[N+]([O-])c1cc[n+](O)cc1C=CN1CCOCC1. The van der Waals surface area contributed by atoms with E-state index in [-0.39, 0.29) is 5.69 Å². The van der Waals surface area contributed by atoms with Crippen LogP contribution in [0.4, 0.5) is 5.69 Å². The lowest BCUT2D eigenvalue weighted by Gasteiger charge is -2.24. The average molecular weight is 252 g/mol. The Kier molecular flexibility index (Phi) is 3.73. The third-order valence-electron chi connectivity index (χ3n) is 2.66. The molecule has 0 bridgehead atoms. The lowest BCUT2D eigenvalue weighted by molar-refractivity contribution is -0.905. The average Bonchev–Trinajstić information content (AvgIpc) is 2.37. The molecule has 1 saturated heterocycles. The highest BCUT2D eigenvalue weighted by atomic mass is 16.6. The number of pyridine rings is 1. The topological polar surface area (TPSA) is 79.7 Å². The summed E-state index contributed by atoms with van der Waals surface area (Å²) in [5.41, 5.74) is 0.321. The third-order valence-corrected chi connectivity index (χ3v) is 2.66. The van der Waals surface area contributed by atoms with E-state index in [9.17, 15) is 15.3 Å². The second-order valence-corrected chi connectivity index (χ2v) is 3.89. The van der Waals surface area contributed by atoms with Crippen molar-refractivity contribution < 1.29 is 19.6 Å². The van der Waals surface area contributed by atoms with Crippen LogP contribution < -0.4 is 4.73 Å². The summed E-state index contributed by atoms with van der Waals surface area (Å²) >= 11 is 0. The van der Waals surface area contributed by atoms with E-state index in [1.807, 2.05) is 4.90 Å². The van der Waals surface area contributed by atoms with Crippen LogP contribution >= 0.6 is 0 Å². The number of morpholine rings is 1. The summed E-state index contributed by atoms with van der Waals surface area (Å²) in [7, 11) is 0. The molecule has 0 atom stereocenters. The van der Waals surface area contributed by atoms with Gasteiger partial charge in [-0.2, -0.15) is 0 Å². The molecule has 1 fully saturated rings. The summed E-state index contributed by atoms with van der Waals surface area (Å²) in [6.45, 7) is 2.83. The van der Waals surface area contributed by atoms with Gasteiger partial charge in [0.1, 0.15) is 5.56 Å². The summed E-state index contributed by atoms with van der Waals surface area (Å²) in [6.07, 6.45) is 5.93. The maximum atomic E-state index is 10.8. The fraction of sp³-hybridized carbons (Fsp3) is 0.364. The second kappa shape index (κ2) is 5.46. The smallest absolute Gasteiger partial charge is 0.289 e. The van der Waals surface area contributed by atoms with Crippen LogP contribution in [0, 0.1) is 10.1 Å². The van der Waals surface area contributed by atoms with E-state index in [0.29, 0.717) is 18.8 Å². The predicted octanol–water partition coefficient (Wildman–Crippen LogP) is 0.422. The van der Waals surface area contributed by atoms with E-state index in [1.54, 1.807) is 12.3 Å². The number of rotatable bonds is 3. The van der Waals surface area contributed by atoms with Gasteiger partial charge in [0.05, 0.1) is 24.2 Å². The number of nitrogens with zero attached hydrogens (tertiary/aromatic N) is 3. The molecule has 2 rings (SSSR count). The Labute approximate surface area is 104 Å². The molecule has 0 amide bonds. The molecule has 1 aromatic heterocycles. The van der Waals surface area contributed by atoms with Crippen molar-refractivity contribution in [3.05, 3.63) is 40.3 Å². The van der Waals surface area contributed by atoms with Gasteiger partial charge < -0.3 is 9.64 Å². The number of aromatic nitrogens is 1. The van der Waals surface area contributed by atoms with Gasteiger partial charge in [-0.1, -0.05) is 0 Å². The molecule has 7 nitrogen and oxygen atoms in total. The van der Waals surface area contributed by atoms with E-state index >= 15 is 0 Å². The molecule has 7 heteroatoms. The number of hydrogen-bond donors (Lipinski definition) is 1. The first-order chi connectivity index (χ1) is 8.66. The van der Waals surface area contributed by atoms with Crippen molar-refractivity contribution >= 4 is 11.8 Å². The Morgan fingerprint density at radius 2 is 2.22 bits per heavy atom. The molecule has 0 unspecified atom stereocenters. The Balaban J connectivity index is 2.18. The molecule has 0 aliphatic carbocycles. The maximum absolute atomic E-state index is 10.8. The molecule has 0 spiro atoms. The van der Waals surface area contributed by atoms with Crippen LogP contribution in [-0.2, 0) is 4.74 Å². The van der Waals surface area contributed by atoms with Crippen molar-refractivity contribution in [1.29, 1.82) is 0 Å². The first-order valence-electron chi connectivity index (χ1n) is 5.56. The fourth-order valence-corrected chi connectivity index (χ4v) is 1.70. The Morgan fingerprint density at radius 3 is 2.89 bits per heavy atom. The summed E-state index contributed by atoms with van der Waals surface area (Å²) in [5.74, 6) is 0. The van der Waals surface area contributed by atoms with Crippen molar-refractivity contribution in [1.82, 2.24) is 4.90 Å². The van der Waals surface area contributed by atoms with Gasteiger partial charge in [-0.25, -0.2) is 0 Å². The Hall–Kier alpha value is -2.15. The molecular formula is C11H14N3O4+. The summed E-state index contributed by atoms with van der Waals surface area (Å²) in [6, 6.07) is 1.26. The van der Waals surface area contributed by atoms with E-state index < -0.39 is 4.92 Å². The van der Waals surface area contributed by atoms with E-state index in [0.717, 1.165) is 17.8 Å². The van der Waals surface area contributed by atoms with Gasteiger partial charge >= 0.3 is 0 Å². The maximum Gasteiger partial charge on any atom is 0.289 e. The van der Waals surface area contributed by atoms with Crippen LogP contribution in [0.3, 0.4) is 0 Å². The fourth-order valence-electron chi connectivity index (χ4n) is 1.70. The highest BCUT2D eigenvalue weighted by Crippen LogP contribution is 2.17. The van der Waals surface area contributed by atoms with Crippen LogP contribution in [0.2, 0.25) is 0 Å². The molecule has 0 radical (unpaired) electrons. The number of ether oxygens (including phenoxy) is 1. The molecule has 1 aliphatic heterocycles. The van der Waals surface area contributed by atoms with E-state index in [4.69, 9.17) is 4.74 Å². The monoisotopic (exact) mass is 252 g/mol. The highest BCUT2D eigenvalue weighted by molar-refractivity contribution is 5.58. The van der Waals surface area contributed by atoms with Gasteiger partial charge in [0.15, 0.2) is 0 Å². The van der Waals surface area contributed by atoms with Crippen molar-refractivity contribution in [2.24, 2.45) is 0 Å². The zero-order valence-electron chi connectivity index (χ0n) is 9.73. The highest BCUT2D eigenvalue weighted by Gasteiger charge is 2.16. The van der Waals surface area contributed by atoms with Crippen molar-refractivity contribution in [3.63, 3.8) is 0 Å². The zero-order chi connectivity index (χ0) is 13.0. The van der Waals surface area contributed by atoms with Crippen molar-refractivity contribution in [3.8, 4) is 0 Å². The molecule has 0 saturated carbocycles. The molecule has 1 aromatic rings. The normalized spacial score (nSPS) is 16.1. The van der Waals surface area contributed by atoms with Gasteiger partial charge in [-0.05, 0) is 6.08 Å². The molecular weight excluding hydrogens is 238 g/mol. The largest absolute Gasteiger partial charge is 0.378 e. The van der Waals surface area contributed by atoms with Gasteiger partial charge in [0.25, 0.3) is 5.69 Å². The summed E-state index contributed by atoms with van der Waals surface area (Å²) in [4.78, 5) is 12.4. The van der Waals surface area contributed by atoms with E-state index in [2.05, 4.69) is 0 Å². The molecule has 96 valence electrons. The van der Waals surface area contributed by atoms with Crippen LogP contribution in [0.25, 0.3) is 6.08 Å². The van der Waals surface area contributed by atoms with Crippen molar-refractivity contribution in [2.75, 3.05) is 26.3 Å². The number of nitro groups is 1. The summed E-state index contributed by atoms with van der Waals surface area (Å²) < 4.78 is 6.00. The minimum atomic E-state index is -0.473. The molecule has 18 heavy (non-hydrogen) atoms. The van der Waals surface area contributed by atoms with Crippen LogP contribution in [0.5, 0.6) is 0 Å². The van der Waals surface area contributed by atoms with Crippen molar-refractivity contribution in [2.45, 2.75) is 0 Å². The molecule has 1 N–H and O–H groups in total. The van der Waals surface area contributed by atoms with Gasteiger partial charge in [0.2, 0.25) is 12.4 Å². The quantitative estimate of drug-likeness (QED) is 0.365. The van der Waals surface area contributed by atoms with Crippen LogP contribution in [0.15, 0.2) is 24.7 Å².